The van der Waals surface area contributed by atoms with Crippen LogP contribution in [0.25, 0.3) is 0 Å². The molecule has 6 heteroatoms. The summed E-state index contributed by atoms with van der Waals surface area (Å²) in [6, 6.07) is 5.94. The maximum atomic E-state index is 12.3. The number of hydrogen-bond acceptors (Lipinski definition) is 4. The Morgan fingerprint density at radius 1 is 1.30 bits per heavy atom. The molecule has 1 aromatic rings. The number of carbonyl (C=O) groups is 1. The zero-order chi connectivity index (χ0) is 17.0. The normalized spacial score (nSPS) is 25.4. The second-order valence-electron chi connectivity index (χ2n) is 6.39. The molecule has 2 rings (SSSR count). The molecule has 0 radical (unpaired) electrons. The predicted octanol–water partition coefficient (Wildman–Crippen LogP) is 3.30. The van der Waals surface area contributed by atoms with Crippen molar-refractivity contribution in [3.05, 3.63) is 34.4 Å². The van der Waals surface area contributed by atoms with Crippen LogP contribution in [0.4, 0.5) is 5.69 Å². The lowest BCUT2D eigenvalue weighted by Crippen LogP contribution is -2.48. The number of nitro groups is 1. The van der Waals surface area contributed by atoms with Crippen molar-refractivity contribution < 1.29 is 14.5 Å². The van der Waals surface area contributed by atoms with Gasteiger partial charge in [-0.3, -0.25) is 14.9 Å². The van der Waals surface area contributed by atoms with Crippen molar-refractivity contribution in [3.8, 4) is 5.75 Å². The minimum absolute atomic E-state index is 0.000488. The van der Waals surface area contributed by atoms with Crippen LogP contribution in [0.15, 0.2) is 24.3 Å². The number of benzene rings is 1. The Bertz CT molecular complexity index is 558. The molecular weight excluding hydrogens is 296 g/mol. The summed E-state index contributed by atoms with van der Waals surface area (Å²) in [6.45, 7) is 6.09. The quantitative estimate of drug-likeness (QED) is 0.666. The average Bonchev–Trinajstić information content (AvgIpc) is 2.52. The van der Waals surface area contributed by atoms with Gasteiger partial charge in [0.2, 0.25) is 0 Å². The summed E-state index contributed by atoms with van der Waals surface area (Å²) in [6.07, 6.45) is 2.71. The van der Waals surface area contributed by atoms with Gasteiger partial charge in [0.05, 0.1) is 4.92 Å². The molecule has 1 amide bonds. The highest BCUT2D eigenvalue weighted by atomic mass is 16.6. The first-order chi connectivity index (χ1) is 10.9. The fourth-order valence-corrected chi connectivity index (χ4v) is 2.99. The van der Waals surface area contributed by atoms with Crippen molar-refractivity contribution in [2.45, 2.75) is 52.2 Å². The molecule has 1 aromatic carbocycles. The molecule has 1 saturated carbocycles. The Morgan fingerprint density at radius 3 is 2.57 bits per heavy atom. The fraction of sp³-hybridized carbons (Fsp3) is 0.588. The maximum absolute atomic E-state index is 12.3. The summed E-state index contributed by atoms with van der Waals surface area (Å²) < 4.78 is 5.58. The summed E-state index contributed by atoms with van der Waals surface area (Å²) in [4.78, 5) is 22.5. The van der Waals surface area contributed by atoms with Crippen LogP contribution in [0.1, 0.15) is 40.0 Å². The lowest BCUT2D eigenvalue weighted by Gasteiger charge is -2.35. The highest BCUT2D eigenvalue weighted by Crippen LogP contribution is 2.29. The number of nitrogens with one attached hydrogen (secondary N) is 1. The van der Waals surface area contributed by atoms with Gasteiger partial charge >= 0.3 is 0 Å². The first-order valence-corrected chi connectivity index (χ1v) is 8.10. The average molecular weight is 320 g/mol. The molecule has 0 spiro atoms. The van der Waals surface area contributed by atoms with E-state index >= 15 is 0 Å². The van der Waals surface area contributed by atoms with Crippen molar-refractivity contribution >= 4 is 11.6 Å². The van der Waals surface area contributed by atoms with E-state index in [1.54, 1.807) is 6.92 Å². The van der Waals surface area contributed by atoms with E-state index in [1.807, 2.05) is 0 Å². The molecule has 1 aliphatic carbocycles. The lowest BCUT2D eigenvalue weighted by atomic mass is 9.78. The molecule has 1 N–H and O–H groups in total. The van der Waals surface area contributed by atoms with Crippen molar-refractivity contribution in [3.63, 3.8) is 0 Å². The first kappa shape index (κ1) is 17.2. The Balaban J connectivity index is 1.90. The minimum Gasteiger partial charge on any atom is -0.481 e. The Kier molecular flexibility index (Phi) is 5.58. The van der Waals surface area contributed by atoms with Gasteiger partial charge in [0, 0.05) is 18.2 Å². The molecule has 0 heterocycles. The van der Waals surface area contributed by atoms with E-state index < -0.39 is 11.0 Å². The number of carbonyl (C=O) groups excluding carboxylic acids is 1. The maximum Gasteiger partial charge on any atom is 0.269 e. The smallest absolute Gasteiger partial charge is 0.269 e. The molecule has 0 unspecified atom stereocenters. The topological polar surface area (TPSA) is 81.5 Å². The molecular formula is C17H24N2O4. The second-order valence-corrected chi connectivity index (χ2v) is 6.39. The van der Waals surface area contributed by atoms with Gasteiger partial charge in [0.25, 0.3) is 11.6 Å². The molecule has 1 aliphatic rings. The number of non-ortho nitro benzene ring substituents is 1. The zero-order valence-corrected chi connectivity index (χ0v) is 13.8. The van der Waals surface area contributed by atoms with E-state index in [-0.39, 0.29) is 17.6 Å². The predicted molar refractivity (Wildman–Crippen MR) is 87.3 cm³/mol. The van der Waals surface area contributed by atoms with E-state index in [4.69, 9.17) is 4.74 Å². The standard InChI is InChI=1S/C17H24N2O4/c1-11-5-4-6-16(12(11)2)18-17(20)13(3)23-15-9-7-14(8-10-15)19(21)22/h7-13,16H,4-6H2,1-3H3,(H,18,20)/t11-,12+,13-,16+/m0/s1. The number of amides is 1. The Labute approximate surface area is 136 Å². The fourth-order valence-electron chi connectivity index (χ4n) is 2.99. The molecule has 0 saturated heterocycles. The van der Waals surface area contributed by atoms with Gasteiger partial charge in [0.15, 0.2) is 6.10 Å². The molecule has 0 aliphatic heterocycles. The Hall–Kier alpha value is -2.11. The van der Waals surface area contributed by atoms with Crippen LogP contribution in [0.3, 0.4) is 0 Å². The van der Waals surface area contributed by atoms with Crippen LogP contribution in [0.2, 0.25) is 0 Å². The van der Waals surface area contributed by atoms with Gasteiger partial charge in [-0.15, -0.1) is 0 Å². The van der Waals surface area contributed by atoms with Gasteiger partial charge in [-0.25, -0.2) is 0 Å². The second kappa shape index (κ2) is 7.44. The van der Waals surface area contributed by atoms with Crippen molar-refractivity contribution in [1.29, 1.82) is 0 Å². The van der Waals surface area contributed by atoms with Crippen molar-refractivity contribution in [2.24, 2.45) is 11.8 Å². The summed E-state index contributed by atoms with van der Waals surface area (Å²) in [5.41, 5.74) is -0.000488. The molecule has 6 nitrogen and oxygen atoms in total. The number of nitrogens with zero attached hydrogens (tertiary/aromatic N) is 1. The number of hydrogen-bond donors (Lipinski definition) is 1. The van der Waals surface area contributed by atoms with E-state index in [9.17, 15) is 14.9 Å². The van der Waals surface area contributed by atoms with Crippen LogP contribution in [-0.4, -0.2) is 23.0 Å². The van der Waals surface area contributed by atoms with Gasteiger partial charge < -0.3 is 10.1 Å². The summed E-state index contributed by atoms with van der Waals surface area (Å²) >= 11 is 0. The number of rotatable bonds is 5. The molecule has 126 valence electrons. The van der Waals surface area contributed by atoms with E-state index in [0.29, 0.717) is 17.6 Å². The monoisotopic (exact) mass is 320 g/mol. The van der Waals surface area contributed by atoms with Gasteiger partial charge in [-0.2, -0.15) is 0 Å². The van der Waals surface area contributed by atoms with Gasteiger partial charge in [-0.05, 0) is 37.3 Å². The van der Waals surface area contributed by atoms with Crippen LogP contribution >= 0.6 is 0 Å². The highest BCUT2D eigenvalue weighted by molar-refractivity contribution is 5.81. The Morgan fingerprint density at radius 2 is 1.96 bits per heavy atom. The summed E-state index contributed by atoms with van der Waals surface area (Å²) in [7, 11) is 0. The molecule has 23 heavy (non-hydrogen) atoms. The van der Waals surface area contributed by atoms with Crippen molar-refractivity contribution in [1.82, 2.24) is 5.32 Å². The minimum atomic E-state index is -0.638. The molecule has 0 bridgehead atoms. The van der Waals surface area contributed by atoms with E-state index in [2.05, 4.69) is 19.2 Å². The molecule has 1 fully saturated rings. The summed E-state index contributed by atoms with van der Waals surface area (Å²) in [5.74, 6) is 1.37. The van der Waals surface area contributed by atoms with Crippen LogP contribution in [0, 0.1) is 22.0 Å². The van der Waals surface area contributed by atoms with Crippen LogP contribution < -0.4 is 10.1 Å². The van der Waals surface area contributed by atoms with Gasteiger partial charge in [0.1, 0.15) is 5.75 Å². The van der Waals surface area contributed by atoms with E-state index in [0.717, 1.165) is 12.8 Å². The first-order valence-electron chi connectivity index (χ1n) is 8.10. The molecule has 0 aromatic heterocycles. The third-order valence-electron chi connectivity index (χ3n) is 4.76. The number of ether oxygens (including phenoxy) is 1. The zero-order valence-electron chi connectivity index (χ0n) is 13.8. The number of nitro benzene ring substituents is 1. The third-order valence-corrected chi connectivity index (χ3v) is 4.76. The summed E-state index contributed by atoms with van der Waals surface area (Å²) in [5, 5.41) is 13.7. The van der Waals surface area contributed by atoms with Gasteiger partial charge in [-0.1, -0.05) is 26.7 Å². The third kappa shape index (κ3) is 4.43. The largest absolute Gasteiger partial charge is 0.481 e. The van der Waals surface area contributed by atoms with Crippen LogP contribution in [0.5, 0.6) is 5.75 Å². The lowest BCUT2D eigenvalue weighted by molar-refractivity contribution is -0.384. The highest BCUT2D eigenvalue weighted by Gasteiger charge is 2.29. The molecule has 4 atom stereocenters. The van der Waals surface area contributed by atoms with Crippen LogP contribution in [-0.2, 0) is 4.79 Å². The van der Waals surface area contributed by atoms with E-state index in [1.165, 1.54) is 30.7 Å². The van der Waals surface area contributed by atoms with Crippen molar-refractivity contribution in [2.75, 3.05) is 0 Å². The SMILES string of the molecule is C[C@@H]1[C@@H](C)CCC[C@H]1NC(=O)[C@H](C)Oc1ccc([N+](=O)[O-])cc1.